The summed E-state index contributed by atoms with van der Waals surface area (Å²) in [6.45, 7) is 1.53. The van der Waals surface area contributed by atoms with Gasteiger partial charge in [0.1, 0.15) is 0 Å². The quantitative estimate of drug-likeness (QED) is 0.677. The van der Waals surface area contributed by atoms with Crippen molar-refractivity contribution in [2.75, 3.05) is 44.6 Å². The fourth-order valence-electron chi connectivity index (χ4n) is 2.75. The highest BCUT2D eigenvalue weighted by molar-refractivity contribution is 5.79. The van der Waals surface area contributed by atoms with Crippen molar-refractivity contribution in [2.45, 2.75) is 6.42 Å². The molecular formula is C18H23N5O. The maximum atomic E-state index is 5.08. The van der Waals surface area contributed by atoms with Crippen LogP contribution in [0.15, 0.2) is 42.9 Å². The fraction of sp³-hybridized carbons (Fsp3) is 0.333. The number of nitrogens with one attached hydrogen (secondary N) is 1. The summed E-state index contributed by atoms with van der Waals surface area (Å²) < 4.78 is 7.16. The molecule has 3 rings (SSSR count). The molecule has 0 radical (unpaired) electrons. The van der Waals surface area contributed by atoms with Gasteiger partial charge in [0.05, 0.1) is 11.9 Å². The lowest BCUT2D eigenvalue weighted by Gasteiger charge is -2.17. The van der Waals surface area contributed by atoms with Crippen LogP contribution in [0.5, 0.6) is 0 Å². The first-order chi connectivity index (χ1) is 11.7. The van der Waals surface area contributed by atoms with Gasteiger partial charge in [-0.2, -0.15) is 0 Å². The van der Waals surface area contributed by atoms with E-state index in [4.69, 9.17) is 4.74 Å². The summed E-state index contributed by atoms with van der Waals surface area (Å²) >= 11 is 0. The van der Waals surface area contributed by atoms with E-state index in [-0.39, 0.29) is 0 Å². The van der Waals surface area contributed by atoms with E-state index in [1.54, 1.807) is 13.3 Å². The van der Waals surface area contributed by atoms with Gasteiger partial charge < -0.3 is 15.0 Å². The Morgan fingerprint density at radius 1 is 1.21 bits per heavy atom. The normalized spacial score (nSPS) is 11.0. The minimum absolute atomic E-state index is 0.728. The summed E-state index contributed by atoms with van der Waals surface area (Å²) in [5, 5.41) is 3.34. The van der Waals surface area contributed by atoms with Crippen molar-refractivity contribution in [1.82, 2.24) is 14.4 Å². The molecule has 126 valence electrons. The molecule has 0 aliphatic heterocycles. The molecule has 24 heavy (non-hydrogen) atoms. The minimum Gasteiger partial charge on any atom is -0.385 e. The third-order valence-electron chi connectivity index (χ3n) is 3.91. The maximum Gasteiger partial charge on any atom is 0.180 e. The molecule has 2 heterocycles. The van der Waals surface area contributed by atoms with Crippen molar-refractivity contribution in [1.29, 1.82) is 0 Å². The third-order valence-corrected chi connectivity index (χ3v) is 3.91. The Kier molecular flexibility index (Phi) is 4.96. The highest BCUT2D eigenvalue weighted by Crippen LogP contribution is 2.30. The Bertz CT molecular complexity index is 812. The van der Waals surface area contributed by atoms with E-state index in [0.29, 0.717) is 0 Å². The Labute approximate surface area is 142 Å². The number of fused-ring (bicyclic) bond motifs is 1. The lowest BCUT2D eigenvalue weighted by atomic mass is 10.1. The van der Waals surface area contributed by atoms with Crippen LogP contribution in [-0.2, 0) is 4.74 Å². The minimum atomic E-state index is 0.728. The van der Waals surface area contributed by atoms with Gasteiger partial charge >= 0.3 is 0 Å². The second kappa shape index (κ2) is 7.31. The number of methoxy groups -OCH3 is 1. The van der Waals surface area contributed by atoms with Crippen molar-refractivity contribution in [2.24, 2.45) is 0 Å². The lowest BCUT2D eigenvalue weighted by Crippen LogP contribution is -2.10. The van der Waals surface area contributed by atoms with E-state index in [2.05, 4.69) is 36.7 Å². The molecule has 3 aromatic rings. The Morgan fingerprint density at radius 2 is 2.04 bits per heavy atom. The average Bonchev–Trinajstić information content (AvgIpc) is 3.03. The Morgan fingerprint density at radius 3 is 2.83 bits per heavy atom. The first kappa shape index (κ1) is 16.3. The SMILES string of the molecule is COCCCNc1nccn2c(-c3ccccc3N(C)C)cnc12. The number of nitrogens with zero attached hydrogens (tertiary/aromatic N) is 4. The molecule has 6 nitrogen and oxygen atoms in total. The molecule has 0 unspecified atom stereocenters. The van der Waals surface area contributed by atoms with Crippen molar-refractivity contribution >= 4 is 17.2 Å². The molecule has 1 N–H and O–H groups in total. The lowest BCUT2D eigenvalue weighted by molar-refractivity contribution is 0.198. The highest BCUT2D eigenvalue weighted by Gasteiger charge is 2.13. The molecule has 0 amide bonds. The van der Waals surface area contributed by atoms with E-state index < -0.39 is 0 Å². The number of anilines is 2. The molecule has 0 saturated heterocycles. The molecule has 0 atom stereocenters. The van der Waals surface area contributed by atoms with E-state index in [1.165, 1.54) is 0 Å². The average molecular weight is 325 g/mol. The molecule has 0 fully saturated rings. The zero-order valence-corrected chi connectivity index (χ0v) is 14.4. The topological polar surface area (TPSA) is 54.7 Å². The predicted molar refractivity (Wildman–Crippen MR) is 97.7 cm³/mol. The Balaban J connectivity index is 1.97. The Hall–Kier alpha value is -2.60. The largest absolute Gasteiger partial charge is 0.385 e. The summed E-state index contributed by atoms with van der Waals surface area (Å²) in [5.41, 5.74) is 4.19. The second-order valence-corrected chi connectivity index (χ2v) is 5.80. The first-order valence-corrected chi connectivity index (χ1v) is 8.04. The summed E-state index contributed by atoms with van der Waals surface area (Å²) in [6.07, 6.45) is 6.58. The van der Waals surface area contributed by atoms with Crippen LogP contribution in [0.4, 0.5) is 11.5 Å². The van der Waals surface area contributed by atoms with E-state index >= 15 is 0 Å². The molecule has 2 aromatic heterocycles. The second-order valence-electron chi connectivity index (χ2n) is 5.80. The summed E-state index contributed by atoms with van der Waals surface area (Å²) in [4.78, 5) is 11.1. The predicted octanol–water partition coefficient (Wildman–Crippen LogP) is 2.91. The van der Waals surface area contributed by atoms with Crippen molar-refractivity contribution in [3.63, 3.8) is 0 Å². The van der Waals surface area contributed by atoms with Crippen LogP contribution in [0, 0.1) is 0 Å². The number of hydrogen-bond donors (Lipinski definition) is 1. The number of aromatic nitrogens is 3. The molecule has 0 spiro atoms. The number of rotatable bonds is 7. The van der Waals surface area contributed by atoms with Crippen LogP contribution in [0.3, 0.4) is 0 Å². The molecule has 0 bridgehead atoms. The van der Waals surface area contributed by atoms with Crippen LogP contribution < -0.4 is 10.2 Å². The smallest absolute Gasteiger partial charge is 0.180 e. The molecule has 0 saturated carbocycles. The number of ether oxygens (including phenoxy) is 1. The van der Waals surface area contributed by atoms with Gasteiger partial charge in [-0.3, -0.25) is 4.40 Å². The van der Waals surface area contributed by atoms with Gasteiger partial charge in [-0.1, -0.05) is 18.2 Å². The van der Waals surface area contributed by atoms with Gasteiger partial charge in [-0.15, -0.1) is 0 Å². The van der Waals surface area contributed by atoms with Crippen LogP contribution in [-0.4, -0.2) is 48.7 Å². The van der Waals surface area contributed by atoms with Gasteiger partial charge in [0.15, 0.2) is 11.5 Å². The van der Waals surface area contributed by atoms with Crippen LogP contribution >= 0.6 is 0 Å². The monoisotopic (exact) mass is 325 g/mol. The summed E-state index contributed by atoms with van der Waals surface area (Å²) in [5.74, 6) is 0.794. The molecule has 0 aliphatic carbocycles. The van der Waals surface area contributed by atoms with Crippen LogP contribution in [0.25, 0.3) is 16.9 Å². The van der Waals surface area contributed by atoms with Gasteiger partial charge in [0.25, 0.3) is 0 Å². The van der Waals surface area contributed by atoms with Crippen molar-refractivity contribution in [3.8, 4) is 11.3 Å². The van der Waals surface area contributed by atoms with E-state index in [9.17, 15) is 0 Å². The molecule has 6 heteroatoms. The van der Waals surface area contributed by atoms with Gasteiger partial charge in [-0.25, -0.2) is 9.97 Å². The zero-order valence-electron chi connectivity index (χ0n) is 14.4. The third kappa shape index (κ3) is 3.19. The first-order valence-electron chi connectivity index (χ1n) is 8.04. The highest BCUT2D eigenvalue weighted by atomic mass is 16.5. The number of para-hydroxylation sites is 1. The molecule has 1 aromatic carbocycles. The number of hydrogen-bond acceptors (Lipinski definition) is 5. The summed E-state index contributed by atoms with van der Waals surface area (Å²) in [6, 6.07) is 8.32. The number of imidazole rings is 1. The van der Waals surface area contributed by atoms with Gasteiger partial charge in [0, 0.05) is 58.0 Å². The fourth-order valence-corrected chi connectivity index (χ4v) is 2.75. The van der Waals surface area contributed by atoms with E-state index in [1.807, 2.05) is 38.6 Å². The molecule has 0 aliphatic rings. The standard InChI is InChI=1S/C18H23N5O/c1-22(2)15-8-5-4-7-14(15)16-13-21-18-17(19-9-6-12-24-3)20-10-11-23(16)18/h4-5,7-8,10-11,13H,6,9,12H2,1-3H3,(H,19,20). The molecular weight excluding hydrogens is 302 g/mol. The van der Waals surface area contributed by atoms with Crippen LogP contribution in [0.2, 0.25) is 0 Å². The van der Waals surface area contributed by atoms with Crippen LogP contribution in [0.1, 0.15) is 6.42 Å². The van der Waals surface area contributed by atoms with E-state index in [0.717, 1.165) is 48.0 Å². The van der Waals surface area contributed by atoms with Crippen molar-refractivity contribution < 1.29 is 4.74 Å². The van der Waals surface area contributed by atoms with Crippen molar-refractivity contribution in [3.05, 3.63) is 42.9 Å². The van der Waals surface area contributed by atoms with Gasteiger partial charge in [-0.05, 0) is 12.5 Å². The number of benzene rings is 1. The maximum absolute atomic E-state index is 5.08. The summed E-state index contributed by atoms with van der Waals surface area (Å²) in [7, 11) is 5.81. The van der Waals surface area contributed by atoms with Gasteiger partial charge in [0.2, 0.25) is 0 Å². The zero-order chi connectivity index (χ0) is 16.9.